The Labute approximate surface area is 156 Å². The summed E-state index contributed by atoms with van der Waals surface area (Å²) in [6.45, 7) is 4.09. The highest BCUT2D eigenvalue weighted by atomic mass is 16.3. The summed E-state index contributed by atoms with van der Waals surface area (Å²) in [7, 11) is 0. The lowest BCUT2D eigenvalue weighted by Crippen LogP contribution is -1.84. The molecule has 27 heavy (non-hydrogen) atoms. The van der Waals surface area contributed by atoms with E-state index in [1.807, 2.05) is 25.1 Å². The van der Waals surface area contributed by atoms with Gasteiger partial charge < -0.3 is 10.2 Å². The molecule has 0 aliphatic carbocycles. The molecule has 2 aromatic carbocycles. The highest BCUT2D eigenvalue weighted by molar-refractivity contribution is 5.77. The number of aryl methyl sites for hydroxylation is 2. The first kappa shape index (κ1) is 16.8. The van der Waals surface area contributed by atoms with E-state index < -0.39 is 0 Å². The van der Waals surface area contributed by atoms with Gasteiger partial charge in [-0.05, 0) is 55.3 Å². The molecule has 0 spiro atoms. The number of benzene rings is 2. The van der Waals surface area contributed by atoms with Gasteiger partial charge >= 0.3 is 0 Å². The maximum absolute atomic E-state index is 10.2. The fourth-order valence-corrected chi connectivity index (χ4v) is 2.88. The second kappa shape index (κ2) is 6.57. The average molecular weight is 358 g/mol. The van der Waals surface area contributed by atoms with Crippen molar-refractivity contribution in [2.24, 2.45) is 10.2 Å². The molecule has 2 aromatic heterocycles. The number of rotatable bonds is 3. The summed E-state index contributed by atoms with van der Waals surface area (Å²) in [4.78, 5) is 4.59. The zero-order valence-corrected chi connectivity index (χ0v) is 15.0. The molecule has 0 unspecified atom stereocenters. The van der Waals surface area contributed by atoms with Crippen LogP contribution in [0.15, 0.2) is 71.0 Å². The van der Waals surface area contributed by atoms with E-state index in [0.717, 1.165) is 11.1 Å². The van der Waals surface area contributed by atoms with Crippen molar-refractivity contribution in [1.29, 1.82) is 0 Å². The van der Waals surface area contributed by atoms with E-state index in [-0.39, 0.29) is 11.5 Å². The smallest absolute Gasteiger partial charge is 0.187 e. The SMILES string of the molecule is Cc1ccc(-c2nc3c(O)cccn3c2N=Nc2cccc(O)c2)cc1C. The molecule has 0 saturated carbocycles. The van der Waals surface area contributed by atoms with Gasteiger partial charge in [-0.1, -0.05) is 18.2 Å². The number of imidazole rings is 1. The first-order valence-corrected chi connectivity index (χ1v) is 8.51. The van der Waals surface area contributed by atoms with Gasteiger partial charge in [-0.15, -0.1) is 10.2 Å². The minimum Gasteiger partial charge on any atom is -0.508 e. The van der Waals surface area contributed by atoms with Crippen molar-refractivity contribution in [2.45, 2.75) is 13.8 Å². The Bertz CT molecular complexity index is 1180. The van der Waals surface area contributed by atoms with Gasteiger partial charge in [-0.25, -0.2) is 4.98 Å². The number of hydrogen-bond donors (Lipinski definition) is 2. The quantitative estimate of drug-likeness (QED) is 0.478. The Morgan fingerprint density at radius 1 is 0.889 bits per heavy atom. The van der Waals surface area contributed by atoms with Gasteiger partial charge in [0.1, 0.15) is 11.4 Å². The number of phenols is 1. The monoisotopic (exact) mass is 358 g/mol. The van der Waals surface area contributed by atoms with Gasteiger partial charge in [-0.2, -0.15) is 0 Å². The first-order valence-electron chi connectivity index (χ1n) is 8.51. The Hall–Kier alpha value is -3.67. The third kappa shape index (κ3) is 3.13. The number of phenolic OH excluding ortho intramolecular Hbond substituents is 1. The maximum Gasteiger partial charge on any atom is 0.187 e. The molecule has 0 saturated heterocycles. The molecule has 4 rings (SSSR count). The summed E-state index contributed by atoms with van der Waals surface area (Å²) < 4.78 is 1.70. The fraction of sp³-hybridized carbons (Fsp3) is 0.0952. The summed E-state index contributed by atoms with van der Waals surface area (Å²) in [6, 6.07) is 15.9. The Morgan fingerprint density at radius 3 is 2.52 bits per heavy atom. The molecule has 6 heteroatoms. The van der Waals surface area contributed by atoms with Crippen molar-refractivity contribution < 1.29 is 10.2 Å². The zero-order valence-electron chi connectivity index (χ0n) is 15.0. The number of aromatic hydroxyl groups is 2. The summed E-state index contributed by atoms with van der Waals surface area (Å²) in [5.41, 5.74) is 4.79. The van der Waals surface area contributed by atoms with Crippen LogP contribution in [0.1, 0.15) is 11.1 Å². The fourth-order valence-electron chi connectivity index (χ4n) is 2.88. The molecule has 0 aliphatic rings. The van der Waals surface area contributed by atoms with Crippen LogP contribution < -0.4 is 0 Å². The van der Waals surface area contributed by atoms with Gasteiger partial charge in [0.25, 0.3) is 0 Å². The molecule has 0 radical (unpaired) electrons. The molecule has 0 atom stereocenters. The maximum atomic E-state index is 10.2. The van der Waals surface area contributed by atoms with Crippen molar-refractivity contribution in [2.75, 3.05) is 0 Å². The topological polar surface area (TPSA) is 82.5 Å². The number of azo groups is 1. The van der Waals surface area contributed by atoms with Crippen LogP contribution in [-0.2, 0) is 0 Å². The summed E-state index contributed by atoms with van der Waals surface area (Å²) >= 11 is 0. The van der Waals surface area contributed by atoms with Gasteiger partial charge in [0.15, 0.2) is 17.2 Å². The van der Waals surface area contributed by atoms with E-state index >= 15 is 0 Å². The molecule has 0 aliphatic heterocycles. The van der Waals surface area contributed by atoms with Crippen LogP contribution in [0.4, 0.5) is 11.5 Å². The van der Waals surface area contributed by atoms with Gasteiger partial charge in [0, 0.05) is 17.8 Å². The predicted molar refractivity (Wildman–Crippen MR) is 104 cm³/mol. The van der Waals surface area contributed by atoms with Crippen LogP contribution in [0, 0.1) is 13.8 Å². The molecule has 134 valence electrons. The van der Waals surface area contributed by atoms with E-state index in [1.165, 1.54) is 11.6 Å². The summed E-state index contributed by atoms with van der Waals surface area (Å²) in [6.07, 6.45) is 1.78. The Balaban J connectivity index is 1.91. The molecule has 0 fully saturated rings. The lowest BCUT2D eigenvalue weighted by Gasteiger charge is -2.04. The number of hydrogen-bond acceptors (Lipinski definition) is 5. The molecule has 4 aromatic rings. The predicted octanol–water partition coefficient (Wildman–Crippen LogP) is 5.44. The van der Waals surface area contributed by atoms with Crippen molar-refractivity contribution >= 4 is 17.2 Å². The van der Waals surface area contributed by atoms with Crippen LogP contribution in [-0.4, -0.2) is 19.6 Å². The third-order valence-corrected chi connectivity index (χ3v) is 4.47. The summed E-state index contributed by atoms with van der Waals surface area (Å²) in [5.74, 6) is 0.700. The molecular formula is C21H18N4O2. The highest BCUT2D eigenvalue weighted by Crippen LogP contribution is 2.35. The van der Waals surface area contributed by atoms with Crippen molar-refractivity contribution in [3.63, 3.8) is 0 Å². The molecule has 0 bridgehead atoms. The normalized spacial score (nSPS) is 11.5. The molecule has 2 N–H and O–H groups in total. The lowest BCUT2D eigenvalue weighted by molar-refractivity contribution is 0.475. The zero-order chi connectivity index (χ0) is 19.0. The van der Waals surface area contributed by atoms with Crippen LogP contribution in [0.25, 0.3) is 16.9 Å². The first-order chi connectivity index (χ1) is 13.0. The van der Waals surface area contributed by atoms with E-state index in [9.17, 15) is 10.2 Å². The Morgan fingerprint density at radius 2 is 1.74 bits per heavy atom. The number of pyridine rings is 1. The van der Waals surface area contributed by atoms with E-state index in [2.05, 4.69) is 22.1 Å². The molecule has 2 heterocycles. The Kier molecular flexibility index (Phi) is 4.08. The second-order valence-electron chi connectivity index (χ2n) is 6.39. The number of nitrogens with zero attached hydrogens (tertiary/aromatic N) is 4. The van der Waals surface area contributed by atoms with Crippen molar-refractivity contribution in [1.82, 2.24) is 9.38 Å². The molecular weight excluding hydrogens is 340 g/mol. The average Bonchev–Trinajstić information content (AvgIpc) is 3.02. The van der Waals surface area contributed by atoms with Gasteiger partial charge in [0.05, 0.1) is 5.69 Å². The standard InChI is InChI=1S/C21H18N4O2/c1-13-8-9-15(11-14(13)2)19-21(24-23-16-5-3-6-17(26)12-16)25-10-4-7-18(27)20(25)22-19/h3-12,26-27H,1-2H3. The van der Waals surface area contributed by atoms with E-state index in [0.29, 0.717) is 22.8 Å². The van der Waals surface area contributed by atoms with E-state index in [1.54, 1.807) is 40.9 Å². The van der Waals surface area contributed by atoms with Crippen LogP contribution in [0.2, 0.25) is 0 Å². The van der Waals surface area contributed by atoms with Gasteiger partial charge in [-0.3, -0.25) is 4.40 Å². The van der Waals surface area contributed by atoms with Crippen molar-refractivity contribution in [3.05, 3.63) is 71.9 Å². The minimum atomic E-state index is 0.0707. The molecule has 6 nitrogen and oxygen atoms in total. The highest BCUT2D eigenvalue weighted by Gasteiger charge is 2.16. The lowest BCUT2D eigenvalue weighted by atomic mass is 10.0. The van der Waals surface area contributed by atoms with Crippen LogP contribution in [0.5, 0.6) is 11.5 Å². The third-order valence-electron chi connectivity index (χ3n) is 4.47. The van der Waals surface area contributed by atoms with Gasteiger partial charge in [0.2, 0.25) is 0 Å². The largest absolute Gasteiger partial charge is 0.508 e. The number of aromatic nitrogens is 2. The van der Waals surface area contributed by atoms with Crippen LogP contribution in [0.3, 0.4) is 0 Å². The van der Waals surface area contributed by atoms with Crippen molar-refractivity contribution in [3.8, 4) is 22.8 Å². The molecule has 0 amide bonds. The summed E-state index contributed by atoms with van der Waals surface area (Å²) in [5, 5.41) is 28.4. The minimum absolute atomic E-state index is 0.0707. The number of fused-ring (bicyclic) bond motifs is 1. The second-order valence-corrected chi connectivity index (χ2v) is 6.39. The van der Waals surface area contributed by atoms with Crippen LogP contribution >= 0.6 is 0 Å². The van der Waals surface area contributed by atoms with E-state index in [4.69, 9.17) is 0 Å².